The van der Waals surface area contributed by atoms with Crippen LogP contribution in [0, 0.1) is 0 Å². The number of para-hydroxylation sites is 1. The number of anilines is 1. The number of benzene rings is 1. The fraction of sp³-hybridized carbons (Fsp3) is 0.143. The molecular formula is C14H13ClN4. The third-order valence-corrected chi connectivity index (χ3v) is 3.21. The van der Waals surface area contributed by atoms with Gasteiger partial charge in [-0.3, -0.25) is 0 Å². The summed E-state index contributed by atoms with van der Waals surface area (Å²) in [5.74, 6) is 0.749. The molecule has 2 aromatic heterocycles. The van der Waals surface area contributed by atoms with E-state index in [1.165, 1.54) is 22.8 Å². The maximum atomic E-state index is 5.81. The molecule has 1 aromatic carbocycles. The first kappa shape index (κ1) is 12.0. The molecule has 0 fully saturated rings. The largest absolute Gasteiger partial charge is 0.370 e. The normalized spacial score (nSPS) is 10.8. The Morgan fingerprint density at radius 1 is 1.21 bits per heavy atom. The summed E-state index contributed by atoms with van der Waals surface area (Å²) in [6, 6.07) is 10.1. The van der Waals surface area contributed by atoms with Crippen LogP contribution in [0.2, 0.25) is 5.15 Å². The lowest BCUT2D eigenvalue weighted by Crippen LogP contribution is -2.06. The predicted octanol–water partition coefficient (Wildman–Crippen LogP) is 3.27. The molecule has 0 atom stereocenters. The molecule has 0 bridgehead atoms. The second-order valence-corrected chi connectivity index (χ2v) is 4.65. The molecule has 0 aliphatic rings. The van der Waals surface area contributed by atoms with E-state index in [-0.39, 0.29) is 0 Å². The zero-order valence-corrected chi connectivity index (χ0v) is 11.0. The van der Waals surface area contributed by atoms with Crippen molar-refractivity contribution in [3.8, 4) is 0 Å². The summed E-state index contributed by atoms with van der Waals surface area (Å²) in [6.45, 7) is 0.797. The molecule has 19 heavy (non-hydrogen) atoms. The van der Waals surface area contributed by atoms with Crippen LogP contribution < -0.4 is 5.32 Å². The quantitative estimate of drug-likeness (QED) is 0.717. The fourth-order valence-electron chi connectivity index (χ4n) is 2.11. The van der Waals surface area contributed by atoms with Gasteiger partial charge in [-0.25, -0.2) is 9.97 Å². The third-order valence-electron chi connectivity index (χ3n) is 3.01. The number of rotatable bonds is 4. The van der Waals surface area contributed by atoms with Gasteiger partial charge in [0.2, 0.25) is 0 Å². The van der Waals surface area contributed by atoms with Crippen LogP contribution in [0.25, 0.3) is 10.9 Å². The summed E-state index contributed by atoms with van der Waals surface area (Å²) in [5.41, 5.74) is 2.49. The first-order chi connectivity index (χ1) is 9.33. The number of hydrogen-bond acceptors (Lipinski definition) is 3. The van der Waals surface area contributed by atoms with Crippen molar-refractivity contribution in [2.75, 3.05) is 11.9 Å². The van der Waals surface area contributed by atoms with Crippen LogP contribution in [0.5, 0.6) is 0 Å². The molecule has 0 unspecified atom stereocenters. The van der Waals surface area contributed by atoms with Crippen LogP contribution in [-0.4, -0.2) is 21.5 Å². The van der Waals surface area contributed by atoms with Crippen molar-refractivity contribution < 1.29 is 0 Å². The smallest absolute Gasteiger partial charge is 0.134 e. The number of halogens is 1. The van der Waals surface area contributed by atoms with Crippen molar-refractivity contribution in [1.82, 2.24) is 15.0 Å². The molecule has 3 rings (SSSR count). The molecule has 0 aliphatic heterocycles. The highest BCUT2D eigenvalue weighted by Gasteiger charge is 2.02. The lowest BCUT2D eigenvalue weighted by atomic mass is 10.1. The number of hydrogen-bond donors (Lipinski definition) is 2. The Bertz CT molecular complexity index is 692. The van der Waals surface area contributed by atoms with Crippen molar-refractivity contribution in [3.05, 3.63) is 53.6 Å². The van der Waals surface area contributed by atoms with E-state index in [9.17, 15) is 0 Å². The lowest BCUT2D eigenvalue weighted by molar-refractivity contribution is 1.00. The van der Waals surface area contributed by atoms with Gasteiger partial charge in [0.25, 0.3) is 0 Å². The van der Waals surface area contributed by atoms with Crippen LogP contribution in [-0.2, 0) is 6.42 Å². The SMILES string of the molecule is Clc1cc(NCCc2cccc3cc[nH]c23)ncn1. The highest BCUT2D eigenvalue weighted by atomic mass is 35.5. The van der Waals surface area contributed by atoms with Crippen LogP contribution in [0.1, 0.15) is 5.56 Å². The predicted molar refractivity (Wildman–Crippen MR) is 77.5 cm³/mol. The van der Waals surface area contributed by atoms with Gasteiger partial charge in [0.05, 0.1) is 0 Å². The third kappa shape index (κ3) is 2.69. The van der Waals surface area contributed by atoms with Gasteiger partial charge in [-0.05, 0) is 23.4 Å². The first-order valence-electron chi connectivity index (χ1n) is 6.09. The maximum Gasteiger partial charge on any atom is 0.134 e. The Balaban J connectivity index is 1.68. The van der Waals surface area contributed by atoms with Gasteiger partial charge in [0.1, 0.15) is 17.3 Å². The highest BCUT2D eigenvalue weighted by Crippen LogP contribution is 2.17. The van der Waals surface area contributed by atoms with Crippen LogP contribution in [0.4, 0.5) is 5.82 Å². The minimum absolute atomic E-state index is 0.448. The average Bonchev–Trinajstić information content (AvgIpc) is 2.88. The number of aromatic nitrogens is 3. The van der Waals surface area contributed by atoms with Crippen molar-refractivity contribution in [3.63, 3.8) is 0 Å². The standard InChI is InChI=1S/C14H13ClN4/c15-12-8-13(19-9-18-12)16-6-4-10-2-1-3-11-5-7-17-14(10)11/h1-3,5,7-9,17H,4,6H2,(H,16,18,19). The van der Waals surface area contributed by atoms with Crippen molar-refractivity contribution in [2.24, 2.45) is 0 Å². The lowest BCUT2D eigenvalue weighted by Gasteiger charge is -2.06. The molecular weight excluding hydrogens is 260 g/mol. The first-order valence-corrected chi connectivity index (χ1v) is 6.47. The van der Waals surface area contributed by atoms with E-state index in [4.69, 9.17) is 11.6 Å². The molecule has 4 nitrogen and oxygen atoms in total. The van der Waals surface area contributed by atoms with Crippen LogP contribution in [0.3, 0.4) is 0 Å². The van der Waals surface area contributed by atoms with E-state index in [0.717, 1.165) is 18.8 Å². The molecule has 96 valence electrons. The monoisotopic (exact) mass is 272 g/mol. The van der Waals surface area contributed by atoms with Crippen LogP contribution >= 0.6 is 11.6 Å². The molecule has 3 aromatic rings. The molecule has 0 aliphatic carbocycles. The van der Waals surface area contributed by atoms with Crippen molar-refractivity contribution >= 4 is 28.3 Å². The topological polar surface area (TPSA) is 53.6 Å². The zero-order chi connectivity index (χ0) is 13.1. The summed E-state index contributed by atoms with van der Waals surface area (Å²) in [5, 5.41) is 4.93. The molecule has 0 saturated carbocycles. The Morgan fingerprint density at radius 3 is 3.05 bits per heavy atom. The number of aromatic amines is 1. The zero-order valence-electron chi connectivity index (χ0n) is 10.2. The van der Waals surface area contributed by atoms with Gasteiger partial charge in [0, 0.05) is 24.3 Å². The summed E-state index contributed by atoms with van der Waals surface area (Å²) >= 11 is 5.81. The highest BCUT2D eigenvalue weighted by molar-refractivity contribution is 6.29. The van der Waals surface area contributed by atoms with E-state index in [1.54, 1.807) is 6.07 Å². The molecule has 0 radical (unpaired) electrons. The molecule has 0 saturated heterocycles. The number of nitrogens with zero attached hydrogens (tertiary/aromatic N) is 2. The van der Waals surface area contributed by atoms with Gasteiger partial charge in [-0.2, -0.15) is 0 Å². The Labute approximate surface area is 115 Å². The Kier molecular flexibility index (Phi) is 3.33. The van der Waals surface area contributed by atoms with Crippen molar-refractivity contribution in [2.45, 2.75) is 6.42 Å². The van der Waals surface area contributed by atoms with E-state index in [0.29, 0.717) is 5.15 Å². The molecule has 2 heterocycles. The summed E-state index contributed by atoms with van der Waals surface area (Å²) in [7, 11) is 0. The summed E-state index contributed by atoms with van der Waals surface area (Å²) < 4.78 is 0. The Hall–Kier alpha value is -2.07. The minimum atomic E-state index is 0.448. The second-order valence-electron chi connectivity index (χ2n) is 4.26. The van der Waals surface area contributed by atoms with Gasteiger partial charge < -0.3 is 10.3 Å². The van der Waals surface area contributed by atoms with E-state index < -0.39 is 0 Å². The van der Waals surface area contributed by atoms with E-state index in [1.807, 2.05) is 6.20 Å². The molecule has 0 spiro atoms. The summed E-state index contributed by atoms with van der Waals surface area (Å²) in [4.78, 5) is 11.2. The van der Waals surface area contributed by atoms with Gasteiger partial charge in [-0.1, -0.05) is 29.8 Å². The average molecular weight is 273 g/mol. The van der Waals surface area contributed by atoms with Gasteiger partial charge in [0.15, 0.2) is 0 Å². The maximum absolute atomic E-state index is 5.81. The van der Waals surface area contributed by atoms with Crippen molar-refractivity contribution in [1.29, 1.82) is 0 Å². The van der Waals surface area contributed by atoms with E-state index in [2.05, 4.69) is 44.5 Å². The molecule has 0 amide bonds. The van der Waals surface area contributed by atoms with Gasteiger partial charge in [-0.15, -0.1) is 0 Å². The fourth-order valence-corrected chi connectivity index (χ4v) is 2.26. The van der Waals surface area contributed by atoms with Gasteiger partial charge >= 0.3 is 0 Å². The second kappa shape index (κ2) is 5.28. The minimum Gasteiger partial charge on any atom is -0.370 e. The number of nitrogens with one attached hydrogen (secondary N) is 2. The molecule has 5 heteroatoms. The Morgan fingerprint density at radius 2 is 2.16 bits per heavy atom. The van der Waals surface area contributed by atoms with E-state index >= 15 is 0 Å². The number of fused-ring (bicyclic) bond motifs is 1. The van der Waals surface area contributed by atoms with Crippen LogP contribution in [0.15, 0.2) is 42.9 Å². The number of H-pyrrole nitrogens is 1. The molecule has 2 N–H and O–H groups in total. The summed E-state index contributed by atoms with van der Waals surface area (Å²) in [6.07, 6.45) is 4.33.